The number of aliphatic hydroxyl groups excluding tert-OH is 1. The predicted octanol–water partition coefficient (Wildman–Crippen LogP) is 1.59. The molecule has 0 spiro atoms. The monoisotopic (exact) mass is 281 g/mol. The van der Waals surface area contributed by atoms with Crippen LogP contribution in [0, 0.1) is 0 Å². The molecule has 0 amide bonds. The zero-order valence-electron chi connectivity index (χ0n) is 10.5. The van der Waals surface area contributed by atoms with Gasteiger partial charge in [-0.05, 0) is 29.8 Å². The van der Waals surface area contributed by atoms with Crippen molar-refractivity contribution in [2.45, 2.75) is 18.0 Å². The summed E-state index contributed by atoms with van der Waals surface area (Å²) >= 11 is 0. The van der Waals surface area contributed by atoms with E-state index in [2.05, 4.69) is 0 Å². The van der Waals surface area contributed by atoms with Crippen LogP contribution >= 0.6 is 0 Å². The first kappa shape index (κ1) is 13.8. The van der Waals surface area contributed by atoms with Gasteiger partial charge in [-0.1, -0.05) is 12.1 Å². The molecule has 0 fully saturated rings. The molecule has 0 unspecified atom stereocenters. The third-order valence-electron chi connectivity index (χ3n) is 2.75. The number of benzene rings is 1. The molecule has 0 saturated heterocycles. The highest BCUT2D eigenvalue weighted by molar-refractivity contribution is 7.89. The van der Waals surface area contributed by atoms with Gasteiger partial charge in [0.2, 0.25) is 10.0 Å². The van der Waals surface area contributed by atoms with Gasteiger partial charge in [-0.15, -0.1) is 0 Å². The fourth-order valence-electron chi connectivity index (χ4n) is 1.69. The van der Waals surface area contributed by atoms with Crippen molar-refractivity contribution in [3.63, 3.8) is 0 Å². The summed E-state index contributed by atoms with van der Waals surface area (Å²) in [6, 6.07) is 9.68. The van der Waals surface area contributed by atoms with E-state index in [0.717, 1.165) is 0 Å². The van der Waals surface area contributed by atoms with E-state index < -0.39 is 10.0 Å². The number of aliphatic hydroxyl groups is 1. The van der Waals surface area contributed by atoms with Crippen molar-refractivity contribution >= 4 is 10.0 Å². The summed E-state index contributed by atoms with van der Waals surface area (Å²) in [6.07, 6.45) is 1.50. The summed E-state index contributed by atoms with van der Waals surface area (Å²) in [5.74, 6) is 0.574. The van der Waals surface area contributed by atoms with Crippen molar-refractivity contribution in [2.75, 3.05) is 7.05 Å². The largest absolute Gasteiger partial charge is 0.468 e. The van der Waals surface area contributed by atoms with Gasteiger partial charge >= 0.3 is 0 Å². The molecule has 1 N–H and O–H groups in total. The van der Waals surface area contributed by atoms with Gasteiger partial charge in [0.1, 0.15) is 5.76 Å². The maximum atomic E-state index is 12.3. The van der Waals surface area contributed by atoms with E-state index in [-0.39, 0.29) is 18.0 Å². The molecular weight excluding hydrogens is 266 g/mol. The third-order valence-corrected chi connectivity index (χ3v) is 4.55. The van der Waals surface area contributed by atoms with Crippen molar-refractivity contribution in [3.05, 3.63) is 54.0 Å². The highest BCUT2D eigenvalue weighted by Crippen LogP contribution is 2.18. The van der Waals surface area contributed by atoms with Crippen LogP contribution in [0.3, 0.4) is 0 Å². The molecule has 2 rings (SSSR count). The van der Waals surface area contributed by atoms with Crippen LogP contribution in [0.15, 0.2) is 52.0 Å². The Kier molecular flexibility index (Phi) is 4.04. The lowest BCUT2D eigenvalue weighted by Crippen LogP contribution is -2.26. The molecule has 0 saturated carbocycles. The van der Waals surface area contributed by atoms with E-state index in [0.29, 0.717) is 11.3 Å². The molecule has 2 aromatic rings. The SMILES string of the molecule is CN(Cc1ccco1)S(=O)(=O)c1cccc(CO)c1. The fourth-order valence-corrected chi connectivity index (χ4v) is 2.90. The highest BCUT2D eigenvalue weighted by Gasteiger charge is 2.21. The number of hydrogen-bond acceptors (Lipinski definition) is 4. The van der Waals surface area contributed by atoms with E-state index in [1.807, 2.05) is 0 Å². The van der Waals surface area contributed by atoms with Crippen molar-refractivity contribution < 1.29 is 17.9 Å². The molecular formula is C13H15NO4S. The van der Waals surface area contributed by atoms with Gasteiger partial charge < -0.3 is 9.52 Å². The average Bonchev–Trinajstić information content (AvgIpc) is 2.91. The van der Waals surface area contributed by atoms with Gasteiger partial charge in [-0.2, -0.15) is 4.31 Å². The second-order valence-corrected chi connectivity index (χ2v) is 6.19. The van der Waals surface area contributed by atoms with Crippen molar-refractivity contribution in [1.82, 2.24) is 4.31 Å². The van der Waals surface area contributed by atoms with Crippen molar-refractivity contribution in [2.24, 2.45) is 0 Å². The molecule has 19 heavy (non-hydrogen) atoms. The quantitative estimate of drug-likeness (QED) is 0.903. The Labute approximate surface area is 112 Å². The van der Waals surface area contributed by atoms with E-state index in [4.69, 9.17) is 9.52 Å². The number of rotatable bonds is 5. The normalized spacial score (nSPS) is 11.9. The second-order valence-electron chi connectivity index (χ2n) is 4.15. The minimum atomic E-state index is -3.59. The van der Waals surface area contributed by atoms with E-state index in [9.17, 15) is 8.42 Å². The summed E-state index contributed by atoms with van der Waals surface area (Å²) in [4.78, 5) is 0.160. The van der Waals surface area contributed by atoms with Crippen LogP contribution in [-0.4, -0.2) is 24.9 Å². The topological polar surface area (TPSA) is 70.8 Å². The minimum absolute atomic E-state index is 0.160. The minimum Gasteiger partial charge on any atom is -0.468 e. The predicted molar refractivity (Wildman–Crippen MR) is 69.7 cm³/mol. The first-order valence-electron chi connectivity index (χ1n) is 5.72. The van der Waals surface area contributed by atoms with Crippen molar-refractivity contribution in [1.29, 1.82) is 0 Å². The van der Waals surface area contributed by atoms with E-state index in [1.54, 1.807) is 24.3 Å². The van der Waals surface area contributed by atoms with Gasteiger partial charge in [-0.25, -0.2) is 8.42 Å². The lowest BCUT2D eigenvalue weighted by Gasteiger charge is -2.16. The first-order chi connectivity index (χ1) is 9.04. The lowest BCUT2D eigenvalue weighted by molar-refractivity contribution is 0.281. The fraction of sp³-hybridized carbons (Fsp3) is 0.231. The maximum absolute atomic E-state index is 12.3. The molecule has 102 valence electrons. The van der Waals surface area contributed by atoms with Gasteiger partial charge in [0, 0.05) is 7.05 Å². The van der Waals surface area contributed by atoms with E-state index >= 15 is 0 Å². The summed E-state index contributed by atoms with van der Waals surface area (Å²) in [5, 5.41) is 9.05. The highest BCUT2D eigenvalue weighted by atomic mass is 32.2. The van der Waals surface area contributed by atoms with Gasteiger partial charge in [0.05, 0.1) is 24.3 Å². The molecule has 0 aliphatic carbocycles. The Morgan fingerprint density at radius 2 is 2.05 bits per heavy atom. The van der Waals surface area contributed by atoms with Gasteiger partial charge in [-0.3, -0.25) is 0 Å². The summed E-state index contributed by atoms with van der Waals surface area (Å²) in [6.45, 7) is -0.0239. The zero-order valence-corrected chi connectivity index (χ0v) is 11.3. The molecule has 0 radical (unpaired) electrons. The Hall–Kier alpha value is -1.63. The zero-order chi connectivity index (χ0) is 13.9. The molecule has 1 aromatic carbocycles. The van der Waals surface area contributed by atoms with Crippen LogP contribution in [0.4, 0.5) is 0 Å². The molecule has 5 nitrogen and oxygen atoms in total. The molecule has 1 heterocycles. The Bertz CT molecular complexity index is 634. The summed E-state index contributed by atoms with van der Waals surface area (Å²) in [5.41, 5.74) is 0.562. The van der Waals surface area contributed by atoms with Gasteiger partial charge in [0.25, 0.3) is 0 Å². The Balaban J connectivity index is 2.25. The second kappa shape index (κ2) is 5.56. The number of hydrogen-bond donors (Lipinski definition) is 1. The van der Waals surface area contributed by atoms with Crippen molar-refractivity contribution in [3.8, 4) is 0 Å². The van der Waals surface area contributed by atoms with Gasteiger partial charge in [0.15, 0.2) is 0 Å². The molecule has 0 bridgehead atoms. The lowest BCUT2D eigenvalue weighted by atomic mass is 10.2. The van der Waals surface area contributed by atoms with Crippen LogP contribution in [-0.2, 0) is 23.2 Å². The van der Waals surface area contributed by atoms with Crippen LogP contribution < -0.4 is 0 Å². The summed E-state index contributed by atoms with van der Waals surface area (Å²) < 4.78 is 31.0. The number of furan rings is 1. The Morgan fingerprint density at radius 1 is 1.26 bits per heavy atom. The van der Waals surface area contributed by atoms with E-state index in [1.165, 1.54) is 29.7 Å². The molecule has 0 atom stereocenters. The van der Waals surface area contributed by atoms with Crippen LogP contribution in [0.1, 0.15) is 11.3 Å². The van der Waals surface area contributed by atoms with Crippen LogP contribution in [0.25, 0.3) is 0 Å². The number of nitrogens with zero attached hydrogens (tertiary/aromatic N) is 1. The average molecular weight is 281 g/mol. The van der Waals surface area contributed by atoms with Crippen LogP contribution in [0.2, 0.25) is 0 Å². The molecule has 6 heteroatoms. The van der Waals surface area contributed by atoms with Crippen LogP contribution in [0.5, 0.6) is 0 Å². The number of sulfonamides is 1. The first-order valence-corrected chi connectivity index (χ1v) is 7.16. The third kappa shape index (κ3) is 3.04. The molecule has 0 aliphatic heterocycles. The maximum Gasteiger partial charge on any atom is 0.243 e. The summed E-state index contributed by atoms with van der Waals surface area (Å²) in [7, 11) is -2.10. The molecule has 0 aliphatic rings. The smallest absolute Gasteiger partial charge is 0.243 e. The Morgan fingerprint density at radius 3 is 2.68 bits per heavy atom. The molecule has 1 aromatic heterocycles. The standard InChI is InChI=1S/C13H15NO4S/c1-14(9-12-5-3-7-18-12)19(16,17)13-6-2-4-11(8-13)10-15/h2-8,15H,9-10H2,1H3.